The number of methoxy groups -OCH3 is 1. The lowest BCUT2D eigenvalue weighted by Crippen LogP contribution is -2.28. The molecule has 0 unspecified atom stereocenters. The second-order valence-corrected chi connectivity index (χ2v) is 8.01. The first kappa shape index (κ1) is 22.7. The molecule has 2 aromatic rings. The molecule has 1 amide bonds. The van der Waals surface area contributed by atoms with Gasteiger partial charge < -0.3 is 23.7 Å². The second kappa shape index (κ2) is 10.4. The molecule has 0 saturated carbocycles. The number of carbonyl (C=O) groups excluding carboxylic acids is 1. The summed E-state index contributed by atoms with van der Waals surface area (Å²) in [5.41, 5.74) is 3.46. The van der Waals surface area contributed by atoms with Gasteiger partial charge in [0.05, 0.1) is 37.9 Å². The minimum atomic E-state index is -0.494. The van der Waals surface area contributed by atoms with E-state index in [1.165, 1.54) is 11.2 Å². The lowest BCUT2D eigenvalue weighted by Gasteiger charge is -2.23. The minimum absolute atomic E-state index is 0.253. The molecule has 0 spiro atoms. The first-order valence-electron chi connectivity index (χ1n) is 11.3. The van der Waals surface area contributed by atoms with Crippen molar-refractivity contribution in [2.45, 2.75) is 18.9 Å². The van der Waals surface area contributed by atoms with Crippen LogP contribution in [-0.4, -0.2) is 53.9 Å². The van der Waals surface area contributed by atoms with Gasteiger partial charge in [-0.3, -0.25) is 4.98 Å². The summed E-state index contributed by atoms with van der Waals surface area (Å²) in [5.74, 6) is 1.43. The fourth-order valence-corrected chi connectivity index (χ4v) is 3.89. The zero-order valence-electron chi connectivity index (χ0n) is 19.3. The van der Waals surface area contributed by atoms with Crippen LogP contribution in [0.3, 0.4) is 0 Å². The van der Waals surface area contributed by atoms with Crippen molar-refractivity contribution in [2.75, 3.05) is 26.9 Å². The van der Waals surface area contributed by atoms with Crippen molar-refractivity contribution < 1.29 is 28.5 Å². The van der Waals surface area contributed by atoms with Crippen molar-refractivity contribution in [3.8, 4) is 5.88 Å². The molecule has 0 N–H and O–H groups in total. The molecule has 1 fully saturated rings. The van der Waals surface area contributed by atoms with E-state index in [0.717, 1.165) is 35.0 Å². The number of rotatable bonds is 8. The van der Waals surface area contributed by atoms with E-state index in [9.17, 15) is 4.79 Å². The Labute approximate surface area is 202 Å². The summed E-state index contributed by atoms with van der Waals surface area (Å²) in [6.07, 6.45) is 15.4. The summed E-state index contributed by atoms with van der Waals surface area (Å²) in [6.45, 7) is 0.907. The van der Waals surface area contributed by atoms with Gasteiger partial charge in [-0.1, -0.05) is 30.4 Å². The van der Waals surface area contributed by atoms with E-state index in [0.29, 0.717) is 30.7 Å². The number of hydrogen-bond donors (Lipinski definition) is 0. The number of ether oxygens (including phenoxy) is 5. The summed E-state index contributed by atoms with van der Waals surface area (Å²) < 4.78 is 27.7. The van der Waals surface area contributed by atoms with Gasteiger partial charge in [0.15, 0.2) is 12.0 Å². The molecule has 35 heavy (non-hydrogen) atoms. The Morgan fingerprint density at radius 3 is 3.06 bits per heavy atom. The van der Waals surface area contributed by atoms with Crippen molar-refractivity contribution in [1.29, 1.82) is 0 Å². The van der Waals surface area contributed by atoms with Crippen LogP contribution in [0.4, 0.5) is 4.79 Å². The molecule has 1 atom stereocenters. The number of pyridine rings is 2. The summed E-state index contributed by atoms with van der Waals surface area (Å²) in [6, 6.07) is 5.53. The van der Waals surface area contributed by atoms with Gasteiger partial charge in [0.1, 0.15) is 12.4 Å². The first-order valence-corrected chi connectivity index (χ1v) is 11.3. The van der Waals surface area contributed by atoms with E-state index in [1.807, 2.05) is 36.4 Å². The molecule has 4 heterocycles. The van der Waals surface area contributed by atoms with Crippen LogP contribution in [0, 0.1) is 0 Å². The highest BCUT2D eigenvalue weighted by molar-refractivity contribution is 5.84. The summed E-state index contributed by atoms with van der Waals surface area (Å²) in [4.78, 5) is 22.6. The van der Waals surface area contributed by atoms with Gasteiger partial charge in [0.25, 0.3) is 0 Å². The number of amides is 1. The van der Waals surface area contributed by atoms with Crippen molar-refractivity contribution >= 4 is 23.2 Å². The van der Waals surface area contributed by atoms with Crippen molar-refractivity contribution in [2.24, 2.45) is 0 Å². The number of fused-ring (bicyclic) bond motifs is 1. The predicted molar refractivity (Wildman–Crippen MR) is 128 cm³/mol. The van der Waals surface area contributed by atoms with Gasteiger partial charge in [-0.05, 0) is 30.5 Å². The molecule has 9 heteroatoms. The first-order chi connectivity index (χ1) is 17.2. The zero-order valence-corrected chi connectivity index (χ0v) is 19.3. The topological polar surface area (TPSA) is 92.2 Å². The average molecular weight is 476 g/mol. The Bertz CT molecular complexity index is 1260. The van der Waals surface area contributed by atoms with Crippen molar-refractivity contribution in [3.63, 3.8) is 0 Å². The van der Waals surface area contributed by atoms with E-state index in [2.05, 4.69) is 16.0 Å². The lowest BCUT2D eigenvalue weighted by molar-refractivity contribution is 0.0579. The molecule has 1 saturated heterocycles. The van der Waals surface area contributed by atoms with Crippen molar-refractivity contribution in [1.82, 2.24) is 14.9 Å². The Morgan fingerprint density at radius 1 is 1.26 bits per heavy atom. The average Bonchev–Trinajstić information content (AvgIpc) is 3.29. The summed E-state index contributed by atoms with van der Waals surface area (Å²) in [7, 11) is 1.58. The van der Waals surface area contributed by atoms with Crippen LogP contribution in [-0.2, 0) is 18.9 Å². The maximum absolute atomic E-state index is 12.4. The molecular formula is C26H25N3O6. The maximum atomic E-state index is 12.4. The molecule has 9 nitrogen and oxygen atoms in total. The van der Waals surface area contributed by atoms with Crippen LogP contribution in [0.1, 0.15) is 18.4 Å². The summed E-state index contributed by atoms with van der Waals surface area (Å²) in [5, 5.41) is 0. The second-order valence-electron chi connectivity index (χ2n) is 8.01. The standard InChI is InChI=1S/C26H25N3O6/c1-31-23-10-9-21-25(28-23)19(11-12-27-21)8-5-13-32-15-20-14-29(26(30)34-20)24-17-33-16-22(35-24)18-6-3-2-4-7-18/h2-3,5-6,8-12,16-17,20H,4,7,13-15H2,1H3/b8-5+/t20-/m1/s1. The monoisotopic (exact) mass is 475 g/mol. The Kier molecular flexibility index (Phi) is 6.76. The highest BCUT2D eigenvalue weighted by Gasteiger charge is 2.36. The quantitative estimate of drug-likeness (QED) is 0.517. The SMILES string of the molecule is COc1ccc2nccc(/C=C/COC[C@H]3CN(C4=COC=C(C5=CC=CCC5)O4)C(=O)O3)c2n1. The van der Waals surface area contributed by atoms with Gasteiger partial charge in [-0.15, -0.1) is 0 Å². The fraction of sp³-hybridized carbons (Fsp3) is 0.269. The molecule has 2 aliphatic heterocycles. The number of carbonyl (C=O) groups is 1. The maximum Gasteiger partial charge on any atom is 0.417 e. The van der Waals surface area contributed by atoms with E-state index >= 15 is 0 Å². The van der Waals surface area contributed by atoms with Crippen LogP contribution in [0.15, 0.2) is 78.4 Å². The van der Waals surface area contributed by atoms with E-state index < -0.39 is 12.2 Å². The van der Waals surface area contributed by atoms with E-state index in [-0.39, 0.29) is 6.61 Å². The predicted octanol–water partition coefficient (Wildman–Crippen LogP) is 4.45. The number of cyclic esters (lactones) is 1. The number of nitrogens with zero attached hydrogens (tertiary/aromatic N) is 3. The van der Waals surface area contributed by atoms with Gasteiger partial charge in [0, 0.05) is 17.8 Å². The van der Waals surface area contributed by atoms with E-state index in [1.54, 1.807) is 25.6 Å². The third-order valence-corrected chi connectivity index (χ3v) is 5.64. The van der Waals surface area contributed by atoms with E-state index in [4.69, 9.17) is 23.7 Å². The minimum Gasteiger partial charge on any atom is -0.481 e. The largest absolute Gasteiger partial charge is 0.481 e. The lowest BCUT2D eigenvalue weighted by atomic mass is 10.0. The molecule has 0 bridgehead atoms. The van der Waals surface area contributed by atoms with Crippen LogP contribution < -0.4 is 4.74 Å². The molecule has 0 aromatic carbocycles. The fourth-order valence-electron chi connectivity index (χ4n) is 3.89. The molecule has 1 aliphatic carbocycles. The number of aromatic nitrogens is 2. The molecule has 180 valence electrons. The number of hydrogen-bond acceptors (Lipinski definition) is 8. The smallest absolute Gasteiger partial charge is 0.417 e. The molecule has 5 rings (SSSR count). The number of allylic oxidation sites excluding steroid dienone is 4. The van der Waals surface area contributed by atoms with Gasteiger partial charge in [0.2, 0.25) is 11.8 Å². The normalized spacial score (nSPS) is 19.7. The Balaban J connectivity index is 1.13. The molecule has 3 aliphatic rings. The van der Waals surface area contributed by atoms with Crippen LogP contribution in [0.25, 0.3) is 17.1 Å². The molecular weight excluding hydrogens is 450 g/mol. The van der Waals surface area contributed by atoms with Crippen LogP contribution in [0.2, 0.25) is 0 Å². The summed E-state index contributed by atoms with van der Waals surface area (Å²) >= 11 is 0. The highest BCUT2D eigenvalue weighted by atomic mass is 16.6. The molecule has 2 aromatic heterocycles. The Hall–Kier alpha value is -4.11. The van der Waals surface area contributed by atoms with Crippen LogP contribution >= 0.6 is 0 Å². The zero-order chi connectivity index (χ0) is 24.0. The van der Waals surface area contributed by atoms with Crippen molar-refractivity contribution in [3.05, 3.63) is 84.0 Å². The van der Waals surface area contributed by atoms with Gasteiger partial charge in [-0.25, -0.2) is 14.7 Å². The van der Waals surface area contributed by atoms with Crippen LogP contribution in [0.5, 0.6) is 5.88 Å². The highest BCUT2D eigenvalue weighted by Crippen LogP contribution is 2.29. The van der Waals surface area contributed by atoms with Gasteiger partial charge in [-0.2, -0.15) is 0 Å². The third kappa shape index (κ3) is 5.20. The molecule has 0 radical (unpaired) electrons. The van der Waals surface area contributed by atoms with Gasteiger partial charge >= 0.3 is 6.09 Å². The Morgan fingerprint density at radius 2 is 2.20 bits per heavy atom. The third-order valence-electron chi connectivity index (χ3n) is 5.64.